The zero-order valence-electron chi connectivity index (χ0n) is 16.7. The number of aliphatic carboxylic acids is 1. The van der Waals surface area contributed by atoms with Gasteiger partial charge in [-0.1, -0.05) is 12.1 Å². The standard InChI is InChI=1S/C21H20FN3O5S/c1-13(14-5-9-17(10-6-14)31(29,30)12-20(26)27)23-21(28)19-11-18(24-25(19)2)15-3-7-16(22)8-4-15/h3-11,13H,12H2,1-2H3,(H,23,28)(H,26,27). The van der Waals surface area contributed by atoms with Crippen LogP contribution in [0.4, 0.5) is 4.39 Å². The van der Waals surface area contributed by atoms with Gasteiger partial charge in [-0.15, -0.1) is 0 Å². The van der Waals surface area contributed by atoms with E-state index in [1.807, 2.05) is 0 Å². The van der Waals surface area contributed by atoms with Gasteiger partial charge in [0.2, 0.25) is 0 Å². The van der Waals surface area contributed by atoms with E-state index in [1.165, 1.54) is 41.1 Å². The number of rotatable bonds is 7. The third kappa shape index (κ3) is 5.15. The van der Waals surface area contributed by atoms with Gasteiger partial charge in [0.1, 0.15) is 11.5 Å². The lowest BCUT2D eigenvalue weighted by Gasteiger charge is -2.15. The number of halogens is 1. The monoisotopic (exact) mass is 445 g/mol. The zero-order valence-corrected chi connectivity index (χ0v) is 17.6. The minimum atomic E-state index is -3.92. The fourth-order valence-corrected chi connectivity index (χ4v) is 4.05. The quantitative estimate of drug-likeness (QED) is 0.577. The molecule has 0 aliphatic heterocycles. The highest BCUT2D eigenvalue weighted by molar-refractivity contribution is 7.92. The Morgan fingerprint density at radius 3 is 2.32 bits per heavy atom. The van der Waals surface area contributed by atoms with Crippen molar-refractivity contribution in [3.63, 3.8) is 0 Å². The van der Waals surface area contributed by atoms with Crippen molar-refractivity contribution in [3.05, 3.63) is 71.7 Å². The van der Waals surface area contributed by atoms with Crippen LogP contribution in [0.5, 0.6) is 0 Å². The van der Waals surface area contributed by atoms with Gasteiger partial charge in [0.15, 0.2) is 15.6 Å². The maximum Gasteiger partial charge on any atom is 0.319 e. The summed E-state index contributed by atoms with van der Waals surface area (Å²) in [6, 6.07) is 12.6. The van der Waals surface area contributed by atoms with E-state index in [0.717, 1.165) is 0 Å². The van der Waals surface area contributed by atoms with Crippen molar-refractivity contribution in [1.82, 2.24) is 15.1 Å². The highest BCUT2D eigenvalue weighted by Gasteiger charge is 2.20. The normalized spacial score (nSPS) is 12.4. The summed E-state index contributed by atoms with van der Waals surface area (Å²) in [4.78, 5) is 23.3. The molecule has 0 aliphatic carbocycles. The first-order valence-electron chi connectivity index (χ1n) is 9.22. The number of carbonyl (C=O) groups is 2. The molecule has 0 bridgehead atoms. The van der Waals surface area contributed by atoms with Gasteiger partial charge in [-0.2, -0.15) is 5.10 Å². The van der Waals surface area contributed by atoms with E-state index in [4.69, 9.17) is 5.11 Å². The van der Waals surface area contributed by atoms with Gasteiger partial charge < -0.3 is 10.4 Å². The summed E-state index contributed by atoms with van der Waals surface area (Å²) < 4.78 is 38.5. The molecule has 0 saturated heterocycles. The summed E-state index contributed by atoms with van der Waals surface area (Å²) in [5.41, 5.74) is 2.13. The molecule has 10 heteroatoms. The molecule has 2 aromatic carbocycles. The van der Waals surface area contributed by atoms with E-state index in [0.29, 0.717) is 22.5 Å². The van der Waals surface area contributed by atoms with Crippen molar-refractivity contribution in [1.29, 1.82) is 0 Å². The molecule has 0 saturated carbocycles. The summed E-state index contributed by atoms with van der Waals surface area (Å²) in [6.07, 6.45) is 0. The molecule has 2 N–H and O–H groups in total. The van der Waals surface area contributed by atoms with E-state index < -0.39 is 33.5 Å². The predicted octanol–water partition coefficient (Wildman–Crippen LogP) is 2.58. The molecule has 0 fully saturated rings. The maximum absolute atomic E-state index is 13.1. The Hall–Kier alpha value is -3.53. The number of hydrogen-bond donors (Lipinski definition) is 2. The zero-order chi connectivity index (χ0) is 22.8. The molecule has 0 radical (unpaired) electrons. The molecule has 1 atom stereocenters. The molecule has 1 heterocycles. The Labute approximate surface area is 178 Å². The lowest BCUT2D eigenvalue weighted by molar-refractivity contribution is -0.134. The van der Waals surface area contributed by atoms with Gasteiger partial charge in [-0.25, -0.2) is 12.8 Å². The Morgan fingerprint density at radius 2 is 1.74 bits per heavy atom. The molecule has 1 unspecified atom stereocenters. The van der Waals surface area contributed by atoms with Crippen LogP contribution < -0.4 is 5.32 Å². The van der Waals surface area contributed by atoms with E-state index >= 15 is 0 Å². The van der Waals surface area contributed by atoms with Crippen LogP contribution in [-0.2, 0) is 21.7 Å². The largest absolute Gasteiger partial charge is 0.480 e. The average Bonchev–Trinajstić information content (AvgIpc) is 3.09. The summed E-state index contributed by atoms with van der Waals surface area (Å²) in [6.45, 7) is 1.73. The smallest absolute Gasteiger partial charge is 0.319 e. The molecular formula is C21H20FN3O5S. The first-order valence-corrected chi connectivity index (χ1v) is 10.9. The van der Waals surface area contributed by atoms with Crippen molar-refractivity contribution >= 4 is 21.7 Å². The van der Waals surface area contributed by atoms with Crippen LogP contribution in [0.2, 0.25) is 0 Å². The van der Waals surface area contributed by atoms with Crippen molar-refractivity contribution in [3.8, 4) is 11.3 Å². The predicted molar refractivity (Wildman–Crippen MR) is 111 cm³/mol. The molecule has 3 aromatic rings. The lowest BCUT2D eigenvalue weighted by Crippen LogP contribution is -2.28. The number of carboxylic acid groups (broad SMARTS) is 1. The minimum Gasteiger partial charge on any atom is -0.480 e. The van der Waals surface area contributed by atoms with Gasteiger partial charge >= 0.3 is 5.97 Å². The number of carboxylic acids is 1. The number of nitrogens with one attached hydrogen (secondary N) is 1. The molecule has 3 rings (SSSR count). The molecule has 1 amide bonds. The van der Waals surface area contributed by atoms with Gasteiger partial charge in [0.05, 0.1) is 16.6 Å². The van der Waals surface area contributed by atoms with E-state index in [2.05, 4.69) is 10.4 Å². The topological polar surface area (TPSA) is 118 Å². The highest BCUT2D eigenvalue weighted by Crippen LogP contribution is 2.21. The van der Waals surface area contributed by atoms with Crippen LogP contribution >= 0.6 is 0 Å². The fourth-order valence-electron chi connectivity index (χ4n) is 3.01. The van der Waals surface area contributed by atoms with Crippen LogP contribution in [0.15, 0.2) is 59.5 Å². The van der Waals surface area contributed by atoms with Gasteiger partial charge in [-0.3, -0.25) is 14.3 Å². The van der Waals surface area contributed by atoms with Crippen molar-refractivity contribution in [2.45, 2.75) is 17.9 Å². The van der Waals surface area contributed by atoms with Crippen molar-refractivity contribution < 1.29 is 27.5 Å². The van der Waals surface area contributed by atoms with E-state index in [-0.39, 0.29) is 10.7 Å². The van der Waals surface area contributed by atoms with Crippen molar-refractivity contribution in [2.24, 2.45) is 7.05 Å². The molecule has 0 aliphatic rings. The van der Waals surface area contributed by atoms with E-state index in [9.17, 15) is 22.4 Å². The first-order chi connectivity index (χ1) is 14.6. The summed E-state index contributed by atoms with van der Waals surface area (Å²) in [7, 11) is -2.30. The molecule has 162 valence electrons. The van der Waals surface area contributed by atoms with E-state index in [1.54, 1.807) is 32.2 Å². The molecule has 1 aromatic heterocycles. The molecule has 31 heavy (non-hydrogen) atoms. The highest BCUT2D eigenvalue weighted by atomic mass is 32.2. The summed E-state index contributed by atoms with van der Waals surface area (Å²) >= 11 is 0. The number of sulfone groups is 1. The third-order valence-electron chi connectivity index (χ3n) is 4.65. The maximum atomic E-state index is 13.1. The Bertz CT molecular complexity index is 1220. The Kier molecular flexibility index (Phi) is 6.21. The van der Waals surface area contributed by atoms with Crippen LogP contribution in [0.25, 0.3) is 11.3 Å². The summed E-state index contributed by atoms with van der Waals surface area (Å²) in [5.74, 6) is -3.18. The van der Waals surface area contributed by atoms with Crippen LogP contribution in [0.3, 0.4) is 0 Å². The number of aryl methyl sites for hydroxylation is 1. The first kappa shape index (κ1) is 22.2. The molecule has 0 spiro atoms. The van der Waals surface area contributed by atoms with Gasteiger partial charge in [0, 0.05) is 12.6 Å². The molecule has 8 nitrogen and oxygen atoms in total. The fraction of sp³-hybridized carbons (Fsp3) is 0.190. The number of amides is 1. The Morgan fingerprint density at radius 1 is 1.13 bits per heavy atom. The van der Waals surface area contributed by atoms with Gasteiger partial charge in [-0.05, 0) is 55.0 Å². The van der Waals surface area contributed by atoms with Gasteiger partial charge in [0.25, 0.3) is 5.91 Å². The van der Waals surface area contributed by atoms with Crippen molar-refractivity contribution in [2.75, 3.05) is 5.75 Å². The third-order valence-corrected chi connectivity index (χ3v) is 6.27. The second kappa shape index (κ2) is 8.68. The number of hydrogen-bond acceptors (Lipinski definition) is 5. The Balaban J connectivity index is 1.73. The van der Waals surface area contributed by atoms with Crippen LogP contribution in [0, 0.1) is 5.82 Å². The van der Waals surface area contributed by atoms with Crippen LogP contribution in [0.1, 0.15) is 29.0 Å². The summed E-state index contributed by atoms with van der Waals surface area (Å²) in [5, 5.41) is 15.8. The SMILES string of the molecule is CC(NC(=O)c1cc(-c2ccc(F)cc2)nn1C)c1ccc(S(=O)(=O)CC(=O)O)cc1. The number of nitrogens with zero attached hydrogens (tertiary/aromatic N) is 2. The second-order valence-electron chi connectivity index (χ2n) is 6.96. The lowest BCUT2D eigenvalue weighted by atomic mass is 10.1. The minimum absolute atomic E-state index is 0.104. The number of carbonyl (C=O) groups excluding carboxylic acids is 1. The molecular weight excluding hydrogens is 425 g/mol. The average molecular weight is 445 g/mol. The second-order valence-corrected chi connectivity index (χ2v) is 8.95. The van der Waals surface area contributed by atoms with Crippen LogP contribution in [-0.4, -0.2) is 40.9 Å². The number of aromatic nitrogens is 2. The number of benzene rings is 2.